The van der Waals surface area contributed by atoms with Crippen molar-refractivity contribution >= 4 is 19.9 Å². The topological polar surface area (TPSA) is 80.4 Å². The summed E-state index contributed by atoms with van der Waals surface area (Å²) in [6.07, 6.45) is 0.518. The van der Waals surface area contributed by atoms with E-state index in [9.17, 15) is 8.42 Å². The highest BCUT2D eigenvalue weighted by Crippen LogP contribution is 2.14. The molecule has 4 nitrogen and oxygen atoms in total. The lowest BCUT2D eigenvalue weighted by atomic mass is 10.5. The minimum Gasteiger partial charge on any atom is -0.318 e. The van der Waals surface area contributed by atoms with Crippen LogP contribution in [0.4, 0.5) is 0 Å². The van der Waals surface area contributed by atoms with Crippen molar-refractivity contribution in [3.8, 4) is 0 Å². The number of rotatable bonds is 3. The Kier molecular flexibility index (Phi) is 3.49. The van der Waals surface area contributed by atoms with Crippen LogP contribution in [0.15, 0.2) is 0 Å². The minimum absolute atomic E-state index is 0.362. The van der Waals surface area contributed by atoms with Crippen LogP contribution < -0.4 is 5.73 Å². The highest BCUT2D eigenvalue weighted by Gasteiger charge is 2.10. The fourth-order valence-corrected chi connectivity index (χ4v) is 2.02. The molecule has 9 heavy (non-hydrogen) atoms. The Balaban J connectivity index is 3.75. The fraction of sp³-hybridized carbons (Fsp3) is 1.00. The van der Waals surface area contributed by atoms with Gasteiger partial charge in [0.15, 0.2) is 0 Å². The molecule has 0 saturated carbocycles. The van der Waals surface area contributed by atoms with E-state index in [1.54, 1.807) is 6.92 Å². The molecule has 6 heteroatoms. The molecule has 0 spiro atoms. The van der Waals surface area contributed by atoms with Gasteiger partial charge in [-0.1, -0.05) is 6.92 Å². The third kappa shape index (κ3) is 6.10. The Morgan fingerprint density at radius 2 is 2.22 bits per heavy atom. The van der Waals surface area contributed by atoms with E-state index < -0.39 is 14.5 Å². The van der Waals surface area contributed by atoms with Crippen molar-refractivity contribution in [3.63, 3.8) is 0 Å². The van der Waals surface area contributed by atoms with Gasteiger partial charge in [-0.3, -0.25) is 4.55 Å². The van der Waals surface area contributed by atoms with Crippen molar-refractivity contribution in [2.75, 3.05) is 0 Å². The van der Waals surface area contributed by atoms with Crippen LogP contribution in [0.3, 0.4) is 0 Å². The predicted octanol–water partition coefficient (Wildman–Crippen LogP) is 0.217. The van der Waals surface area contributed by atoms with Crippen LogP contribution >= 0.6 is 10.8 Å². The molecule has 0 heterocycles. The Hall–Kier alpha value is 0.220. The van der Waals surface area contributed by atoms with Gasteiger partial charge in [-0.2, -0.15) is 8.42 Å². The molecule has 1 atom stereocenters. The molecule has 0 aromatic carbocycles. The van der Waals surface area contributed by atoms with Gasteiger partial charge in [-0.25, -0.2) is 0 Å². The maximum Gasteiger partial charge on any atom is 0.321 e. The smallest absolute Gasteiger partial charge is 0.318 e. The molecule has 0 radical (unpaired) electrons. The van der Waals surface area contributed by atoms with Gasteiger partial charge in [-0.05, 0) is 6.42 Å². The Bertz CT molecular complexity index is 164. The molecule has 0 bridgehead atoms. The summed E-state index contributed by atoms with van der Waals surface area (Å²) < 4.78 is 28.3. The van der Waals surface area contributed by atoms with E-state index in [1.165, 1.54) is 0 Å². The average molecular weight is 171 g/mol. The molecule has 0 aliphatic carbocycles. The summed E-state index contributed by atoms with van der Waals surface area (Å²) in [5.74, 6) is 0. The van der Waals surface area contributed by atoms with Gasteiger partial charge in [0.05, 0.1) is 5.37 Å². The Labute approximate surface area is 58.0 Å². The second-order valence-electron chi connectivity index (χ2n) is 1.47. The van der Waals surface area contributed by atoms with Crippen LogP contribution in [0, 0.1) is 0 Å². The maximum atomic E-state index is 10.0. The van der Waals surface area contributed by atoms with Crippen molar-refractivity contribution in [1.82, 2.24) is 0 Å². The van der Waals surface area contributed by atoms with E-state index in [-0.39, 0.29) is 0 Å². The predicted molar refractivity (Wildman–Crippen MR) is 37.4 cm³/mol. The summed E-state index contributed by atoms with van der Waals surface area (Å²) >= 11 is 0. The molecule has 1 unspecified atom stereocenters. The van der Waals surface area contributed by atoms with Crippen LogP contribution in [0.1, 0.15) is 13.3 Å². The summed E-state index contributed by atoms with van der Waals surface area (Å²) in [4.78, 5) is 0. The van der Waals surface area contributed by atoms with Crippen LogP contribution in [0.25, 0.3) is 0 Å². The van der Waals surface area contributed by atoms with Crippen molar-refractivity contribution in [3.05, 3.63) is 0 Å². The van der Waals surface area contributed by atoms with Crippen molar-refractivity contribution < 1.29 is 13.0 Å². The number of hydrogen-bond acceptors (Lipinski definition) is 4. The molecule has 0 aromatic rings. The van der Waals surface area contributed by atoms with Gasteiger partial charge in [-0.15, -0.1) is 0 Å². The standard InChI is InChI=1S/C3H9NO3S2/c1-2-3(4)8-9(5,6)7/h3H,2,4H2,1H3,(H,5,6,7). The lowest BCUT2D eigenvalue weighted by Crippen LogP contribution is -2.15. The second kappa shape index (κ2) is 3.40. The summed E-state index contributed by atoms with van der Waals surface area (Å²) in [5.41, 5.74) is 5.18. The second-order valence-corrected chi connectivity index (χ2v) is 4.97. The largest absolute Gasteiger partial charge is 0.321 e. The highest BCUT2D eigenvalue weighted by molar-refractivity contribution is 8.70. The van der Waals surface area contributed by atoms with Crippen LogP contribution in [-0.2, 0) is 9.15 Å². The van der Waals surface area contributed by atoms with E-state index in [0.717, 1.165) is 0 Å². The summed E-state index contributed by atoms with van der Waals surface area (Å²) in [6.45, 7) is 1.74. The van der Waals surface area contributed by atoms with Crippen molar-refractivity contribution in [1.29, 1.82) is 0 Å². The minimum atomic E-state index is -3.94. The average Bonchev–Trinajstić information content (AvgIpc) is 1.62. The van der Waals surface area contributed by atoms with Crippen molar-refractivity contribution in [2.24, 2.45) is 5.73 Å². The van der Waals surface area contributed by atoms with E-state index >= 15 is 0 Å². The maximum absolute atomic E-state index is 10.0. The summed E-state index contributed by atoms with van der Waals surface area (Å²) in [7, 11) is -3.58. The van der Waals surface area contributed by atoms with Gasteiger partial charge < -0.3 is 5.73 Å². The quantitative estimate of drug-likeness (QED) is 0.360. The Morgan fingerprint density at radius 3 is 2.33 bits per heavy atom. The van der Waals surface area contributed by atoms with E-state index in [0.29, 0.717) is 17.2 Å². The zero-order valence-electron chi connectivity index (χ0n) is 4.94. The molecule has 3 N–H and O–H groups in total. The monoisotopic (exact) mass is 171 g/mol. The molecule has 0 amide bonds. The van der Waals surface area contributed by atoms with E-state index in [2.05, 4.69) is 0 Å². The lowest BCUT2D eigenvalue weighted by Gasteiger charge is -2.02. The molecule has 0 aromatic heterocycles. The van der Waals surface area contributed by atoms with Crippen LogP contribution in [-0.4, -0.2) is 18.3 Å². The first-order valence-electron chi connectivity index (χ1n) is 2.37. The first-order valence-corrected chi connectivity index (χ1v) is 5.20. The molecule has 0 aliphatic heterocycles. The van der Waals surface area contributed by atoms with E-state index in [1.807, 2.05) is 0 Å². The normalized spacial score (nSPS) is 15.4. The zero-order valence-corrected chi connectivity index (χ0v) is 6.58. The van der Waals surface area contributed by atoms with Gasteiger partial charge in [0.25, 0.3) is 0 Å². The van der Waals surface area contributed by atoms with E-state index in [4.69, 9.17) is 10.3 Å². The molecule has 56 valence electrons. The SMILES string of the molecule is CCC(N)SS(=O)(=O)O. The molecule has 0 rings (SSSR count). The van der Waals surface area contributed by atoms with Gasteiger partial charge >= 0.3 is 9.15 Å². The lowest BCUT2D eigenvalue weighted by molar-refractivity contribution is 0.502. The summed E-state index contributed by atoms with van der Waals surface area (Å²) in [5, 5.41) is -0.528. The highest BCUT2D eigenvalue weighted by atomic mass is 33.1. The van der Waals surface area contributed by atoms with Gasteiger partial charge in [0.2, 0.25) is 0 Å². The third-order valence-corrected chi connectivity index (χ3v) is 2.94. The van der Waals surface area contributed by atoms with Crippen LogP contribution in [0.5, 0.6) is 0 Å². The number of nitrogens with two attached hydrogens (primary N) is 1. The van der Waals surface area contributed by atoms with Crippen LogP contribution in [0.2, 0.25) is 0 Å². The third-order valence-electron chi connectivity index (χ3n) is 0.648. The number of hydrogen-bond donors (Lipinski definition) is 2. The summed E-state index contributed by atoms with van der Waals surface area (Å²) in [6, 6.07) is 0. The molecule has 0 saturated heterocycles. The molecule has 0 fully saturated rings. The zero-order chi connectivity index (χ0) is 7.49. The molecular formula is C3H9NO3S2. The van der Waals surface area contributed by atoms with Gasteiger partial charge in [0, 0.05) is 10.8 Å². The van der Waals surface area contributed by atoms with Crippen molar-refractivity contribution in [2.45, 2.75) is 18.7 Å². The Morgan fingerprint density at radius 1 is 1.78 bits per heavy atom. The fourth-order valence-electron chi connectivity index (χ4n) is 0.224. The molecular weight excluding hydrogens is 162 g/mol. The first-order chi connectivity index (χ1) is 3.95. The van der Waals surface area contributed by atoms with Gasteiger partial charge in [0.1, 0.15) is 0 Å². The first kappa shape index (κ1) is 9.22. The molecule has 0 aliphatic rings.